The SMILES string of the molecule is Cc1ccc(-c2cn3ccnc3s2)cc1.O=C(O)NCc1cccc(F)c1.OC1CCNC1. The van der Waals surface area contributed by atoms with Crippen molar-refractivity contribution >= 4 is 22.4 Å². The standard InChI is InChI=1S/C12H10N2S.C8H8FNO2.C4H9NO/c1-9-2-4-10(5-3-9)11-8-14-7-6-13-12(14)15-11;9-7-3-1-2-6(4-7)5-10-8(11)12;6-4-1-2-5-3-4/h2-8H,1H3;1-4,10H,5H2,(H,11,12);4-6H,1-3H2. The van der Waals surface area contributed by atoms with Crippen LogP contribution in [0.2, 0.25) is 0 Å². The van der Waals surface area contributed by atoms with Gasteiger partial charge in [0.15, 0.2) is 4.96 Å². The van der Waals surface area contributed by atoms with Crippen LogP contribution in [0.3, 0.4) is 0 Å². The molecule has 7 nitrogen and oxygen atoms in total. The summed E-state index contributed by atoms with van der Waals surface area (Å²) < 4.78 is 14.6. The number of halogens is 1. The van der Waals surface area contributed by atoms with Crippen LogP contribution in [-0.2, 0) is 6.54 Å². The first-order chi connectivity index (χ1) is 15.9. The van der Waals surface area contributed by atoms with Gasteiger partial charge in [-0.1, -0.05) is 53.3 Å². The van der Waals surface area contributed by atoms with Crippen molar-refractivity contribution < 1.29 is 19.4 Å². The number of rotatable bonds is 3. The number of aliphatic hydroxyl groups excluding tert-OH is 1. The van der Waals surface area contributed by atoms with E-state index in [1.165, 1.54) is 34.2 Å². The Morgan fingerprint density at radius 2 is 2.09 bits per heavy atom. The summed E-state index contributed by atoms with van der Waals surface area (Å²) in [4.78, 5) is 16.6. The van der Waals surface area contributed by atoms with Crippen LogP contribution in [0, 0.1) is 12.7 Å². The molecule has 1 saturated heterocycles. The lowest BCUT2D eigenvalue weighted by atomic mass is 10.1. The van der Waals surface area contributed by atoms with Gasteiger partial charge in [0.05, 0.1) is 11.0 Å². The molecule has 2 aromatic heterocycles. The lowest BCUT2D eigenvalue weighted by molar-refractivity contribution is 0.193. The van der Waals surface area contributed by atoms with Crippen LogP contribution in [0.25, 0.3) is 15.4 Å². The first-order valence-electron chi connectivity index (χ1n) is 10.5. The second-order valence-corrected chi connectivity index (χ2v) is 8.52. The number of aliphatic hydroxyl groups is 1. The van der Waals surface area contributed by atoms with Crippen molar-refractivity contribution in [2.45, 2.75) is 26.0 Å². The number of thiazole rings is 1. The van der Waals surface area contributed by atoms with Crippen LogP contribution in [-0.4, -0.2) is 44.9 Å². The molecular weight excluding hydrogens is 443 g/mol. The van der Waals surface area contributed by atoms with Gasteiger partial charge in [-0.3, -0.25) is 4.40 Å². The highest BCUT2D eigenvalue weighted by atomic mass is 32.1. The molecule has 4 aromatic rings. The molecule has 0 radical (unpaired) electrons. The number of β-amino-alcohol motifs (C(OH)–C–C–N with tert-alkyl or cyclic N) is 1. The number of imidazole rings is 1. The largest absolute Gasteiger partial charge is 0.465 e. The van der Waals surface area contributed by atoms with Gasteiger partial charge < -0.3 is 20.8 Å². The third-order valence-corrected chi connectivity index (χ3v) is 5.85. The zero-order valence-corrected chi connectivity index (χ0v) is 19.1. The van der Waals surface area contributed by atoms with Gasteiger partial charge in [-0.15, -0.1) is 0 Å². The molecule has 1 unspecified atom stereocenters. The molecular formula is C24H27FN4O3S. The van der Waals surface area contributed by atoms with Gasteiger partial charge in [0, 0.05) is 31.7 Å². The van der Waals surface area contributed by atoms with Gasteiger partial charge in [-0.2, -0.15) is 0 Å². The Hall–Kier alpha value is -3.27. The molecule has 1 fully saturated rings. The highest BCUT2D eigenvalue weighted by Crippen LogP contribution is 2.27. The summed E-state index contributed by atoms with van der Waals surface area (Å²) in [6, 6.07) is 14.4. The van der Waals surface area contributed by atoms with E-state index in [2.05, 4.69) is 57.4 Å². The molecule has 0 spiro atoms. The molecule has 33 heavy (non-hydrogen) atoms. The van der Waals surface area contributed by atoms with Crippen molar-refractivity contribution in [1.82, 2.24) is 20.0 Å². The molecule has 9 heteroatoms. The summed E-state index contributed by atoms with van der Waals surface area (Å²) in [6.07, 6.45) is 5.68. The Kier molecular flexibility index (Phi) is 8.94. The van der Waals surface area contributed by atoms with Crippen LogP contribution in [0.4, 0.5) is 9.18 Å². The minimum Gasteiger partial charge on any atom is -0.465 e. The molecule has 0 bridgehead atoms. The predicted molar refractivity (Wildman–Crippen MR) is 128 cm³/mol. The molecule has 174 valence electrons. The van der Waals surface area contributed by atoms with Crippen molar-refractivity contribution in [2.75, 3.05) is 13.1 Å². The fourth-order valence-electron chi connectivity index (χ4n) is 3.04. The molecule has 4 N–H and O–H groups in total. The van der Waals surface area contributed by atoms with E-state index in [4.69, 9.17) is 10.2 Å². The van der Waals surface area contributed by atoms with Gasteiger partial charge in [-0.25, -0.2) is 14.2 Å². The predicted octanol–water partition coefficient (Wildman–Crippen LogP) is 4.31. The smallest absolute Gasteiger partial charge is 0.404 e. The number of hydrogen-bond donors (Lipinski definition) is 4. The molecule has 5 rings (SSSR count). The summed E-state index contributed by atoms with van der Waals surface area (Å²) >= 11 is 1.71. The minimum atomic E-state index is -1.11. The maximum Gasteiger partial charge on any atom is 0.404 e. The van der Waals surface area contributed by atoms with E-state index in [0.717, 1.165) is 24.5 Å². The van der Waals surface area contributed by atoms with Gasteiger partial charge in [-0.05, 0) is 43.1 Å². The third kappa shape index (κ3) is 7.98. The molecule has 1 atom stereocenters. The fraction of sp³-hybridized carbons (Fsp3) is 0.250. The van der Waals surface area contributed by atoms with E-state index in [-0.39, 0.29) is 18.5 Å². The van der Waals surface area contributed by atoms with Crippen LogP contribution >= 0.6 is 11.3 Å². The van der Waals surface area contributed by atoms with Crippen LogP contribution < -0.4 is 10.6 Å². The van der Waals surface area contributed by atoms with Crippen molar-refractivity contribution in [2.24, 2.45) is 0 Å². The Labute approximate surface area is 195 Å². The monoisotopic (exact) mass is 470 g/mol. The number of carbonyl (C=O) groups is 1. The molecule has 1 amide bonds. The number of aromatic nitrogens is 2. The molecule has 0 saturated carbocycles. The lowest BCUT2D eigenvalue weighted by Gasteiger charge is -2.00. The van der Waals surface area contributed by atoms with Gasteiger partial charge in [0.1, 0.15) is 5.82 Å². The Balaban J connectivity index is 0.000000152. The van der Waals surface area contributed by atoms with Crippen LogP contribution in [0.5, 0.6) is 0 Å². The van der Waals surface area contributed by atoms with Crippen molar-refractivity contribution in [1.29, 1.82) is 0 Å². The number of aryl methyl sites for hydroxylation is 1. The Morgan fingerprint density at radius 3 is 2.67 bits per heavy atom. The number of hydrogen-bond acceptors (Lipinski definition) is 5. The highest BCUT2D eigenvalue weighted by Gasteiger charge is 2.08. The molecule has 3 heterocycles. The summed E-state index contributed by atoms with van der Waals surface area (Å²) in [5, 5.41) is 22.1. The fourth-order valence-corrected chi connectivity index (χ4v) is 3.99. The molecule has 2 aromatic carbocycles. The summed E-state index contributed by atoms with van der Waals surface area (Å²) in [5.74, 6) is -0.361. The maximum atomic E-state index is 12.5. The third-order valence-electron chi connectivity index (χ3n) is 4.79. The van der Waals surface area contributed by atoms with E-state index in [1.807, 2.05) is 12.4 Å². The summed E-state index contributed by atoms with van der Waals surface area (Å²) in [6.45, 7) is 4.01. The molecule has 1 aliphatic heterocycles. The van der Waals surface area contributed by atoms with E-state index < -0.39 is 6.09 Å². The average Bonchev–Trinajstić information content (AvgIpc) is 3.52. The zero-order valence-electron chi connectivity index (χ0n) is 18.2. The van der Waals surface area contributed by atoms with Gasteiger partial charge in [0.25, 0.3) is 0 Å². The molecule has 0 aliphatic carbocycles. The Bertz CT molecular complexity index is 1130. The molecule has 1 aliphatic rings. The first-order valence-corrected chi connectivity index (χ1v) is 11.3. The quantitative estimate of drug-likeness (QED) is 0.358. The van der Waals surface area contributed by atoms with Crippen molar-refractivity contribution in [3.05, 3.63) is 84.1 Å². The Morgan fingerprint density at radius 1 is 1.30 bits per heavy atom. The van der Waals surface area contributed by atoms with Crippen LogP contribution in [0.1, 0.15) is 17.5 Å². The average molecular weight is 471 g/mol. The van der Waals surface area contributed by atoms with Crippen molar-refractivity contribution in [3.63, 3.8) is 0 Å². The van der Waals surface area contributed by atoms with Gasteiger partial charge in [0.2, 0.25) is 0 Å². The zero-order chi connectivity index (χ0) is 23.6. The lowest BCUT2D eigenvalue weighted by Crippen LogP contribution is -2.19. The normalized spacial score (nSPS) is 14.7. The first kappa shape index (κ1) is 24.4. The second-order valence-electron chi connectivity index (χ2n) is 7.51. The van der Waals surface area contributed by atoms with Gasteiger partial charge >= 0.3 is 6.09 Å². The van der Waals surface area contributed by atoms with E-state index in [9.17, 15) is 9.18 Å². The number of amides is 1. The van der Waals surface area contributed by atoms with E-state index in [1.54, 1.807) is 17.4 Å². The number of carboxylic acid groups (broad SMARTS) is 1. The van der Waals surface area contributed by atoms with Crippen molar-refractivity contribution in [3.8, 4) is 10.4 Å². The minimum absolute atomic E-state index is 0.0648. The van der Waals surface area contributed by atoms with E-state index in [0.29, 0.717) is 5.56 Å². The maximum absolute atomic E-state index is 12.5. The summed E-state index contributed by atoms with van der Waals surface area (Å²) in [7, 11) is 0. The second kappa shape index (κ2) is 12.1. The number of benzene rings is 2. The topological polar surface area (TPSA) is 98.9 Å². The number of fused-ring (bicyclic) bond motifs is 1. The van der Waals surface area contributed by atoms with Crippen LogP contribution in [0.15, 0.2) is 67.1 Å². The summed E-state index contributed by atoms with van der Waals surface area (Å²) in [5.41, 5.74) is 3.16. The number of nitrogens with one attached hydrogen (secondary N) is 2. The number of nitrogens with zero attached hydrogens (tertiary/aromatic N) is 2. The van der Waals surface area contributed by atoms with E-state index >= 15 is 0 Å². The highest BCUT2D eigenvalue weighted by molar-refractivity contribution is 7.20.